The van der Waals surface area contributed by atoms with Gasteiger partial charge in [-0.05, 0) is 54.1 Å². The second-order valence-corrected chi connectivity index (χ2v) is 9.61. The maximum Gasteiger partial charge on any atom is 0.272 e. The number of nitrogens with one attached hydrogen (secondary N) is 3. The van der Waals surface area contributed by atoms with Gasteiger partial charge in [0.1, 0.15) is 5.69 Å². The van der Waals surface area contributed by atoms with E-state index in [1.54, 1.807) is 66.7 Å². The third-order valence-electron chi connectivity index (χ3n) is 4.85. The Morgan fingerprint density at radius 1 is 0.970 bits per heavy atom. The predicted molar refractivity (Wildman–Crippen MR) is 130 cm³/mol. The quantitative estimate of drug-likeness (QED) is 0.327. The third-order valence-corrected chi connectivity index (χ3v) is 5.79. The van der Waals surface area contributed by atoms with Crippen LogP contribution in [-0.4, -0.2) is 31.5 Å². The first-order valence-electron chi connectivity index (χ1n) is 9.71. The highest BCUT2D eigenvalue weighted by Crippen LogP contribution is 2.31. The highest BCUT2D eigenvalue weighted by molar-refractivity contribution is 7.92. The fourth-order valence-electron chi connectivity index (χ4n) is 3.39. The van der Waals surface area contributed by atoms with Crippen molar-refractivity contribution >= 4 is 55.7 Å². The number of fused-ring (bicyclic) bond motifs is 1. The Balaban J connectivity index is 1.59. The van der Waals surface area contributed by atoms with Crippen LogP contribution in [0.3, 0.4) is 0 Å². The summed E-state index contributed by atoms with van der Waals surface area (Å²) in [5.41, 5.74) is 8.84. The molecule has 0 aliphatic rings. The number of carbonyl (C=O) groups is 2. The lowest BCUT2D eigenvalue weighted by Gasteiger charge is -2.09. The number of hydrogen-bond acceptors (Lipinski definition) is 4. The van der Waals surface area contributed by atoms with Crippen molar-refractivity contribution in [3.63, 3.8) is 0 Å². The number of primary amides is 1. The molecule has 0 radical (unpaired) electrons. The van der Waals surface area contributed by atoms with Crippen LogP contribution in [0.2, 0.25) is 5.02 Å². The van der Waals surface area contributed by atoms with Gasteiger partial charge in [-0.15, -0.1) is 0 Å². The minimum Gasteiger partial charge on any atom is -0.366 e. The lowest BCUT2D eigenvalue weighted by atomic mass is 10.0. The van der Waals surface area contributed by atoms with Gasteiger partial charge in [-0.3, -0.25) is 14.3 Å². The van der Waals surface area contributed by atoms with E-state index in [1.165, 1.54) is 0 Å². The average molecular weight is 483 g/mol. The molecule has 0 aliphatic carbocycles. The van der Waals surface area contributed by atoms with Crippen LogP contribution in [0.5, 0.6) is 0 Å². The fraction of sp³-hybridized carbons (Fsp3) is 0.0435. The molecule has 168 valence electrons. The molecule has 0 spiro atoms. The molecule has 8 nitrogen and oxygen atoms in total. The van der Waals surface area contributed by atoms with Gasteiger partial charge in [0.15, 0.2) is 0 Å². The monoisotopic (exact) mass is 482 g/mol. The summed E-state index contributed by atoms with van der Waals surface area (Å²) in [6, 6.07) is 18.4. The van der Waals surface area contributed by atoms with E-state index in [0.717, 1.165) is 11.6 Å². The number of sulfonamides is 1. The summed E-state index contributed by atoms with van der Waals surface area (Å²) in [6.45, 7) is 0. The second kappa shape index (κ2) is 8.61. The van der Waals surface area contributed by atoms with E-state index in [-0.39, 0.29) is 5.91 Å². The molecule has 0 saturated heterocycles. The number of benzene rings is 3. The van der Waals surface area contributed by atoms with Crippen molar-refractivity contribution in [2.45, 2.75) is 0 Å². The molecule has 1 aromatic heterocycles. The maximum absolute atomic E-state index is 12.8. The SMILES string of the molecule is CS(=O)(=O)Nc1ccc2cc(C(=O)Nc3cccc(-c4cc(C(N)=O)ccc4Cl)c3)[nH]c2c1. The number of amides is 2. The smallest absolute Gasteiger partial charge is 0.272 e. The predicted octanol–water partition coefficient (Wildman–Crippen LogP) is 4.21. The largest absolute Gasteiger partial charge is 0.366 e. The first kappa shape index (κ1) is 22.4. The molecule has 4 aromatic rings. The van der Waals surface area contributed by atoms with Gasteiger partial charge in [-0.1, -0.05) is 29.8 Å². The first-order valence-corrected chi connectivity index (χ1v) is 12.0. The van der Waals surface area contributed by atoms with E-state index in [0.29, 0.717) is 44.3 Å². The first-order chi connectivity index (χ1) is 15.6. The zero-order valence-corrected chi connectivity index (χ0v) is 18.9. The van der Waals surface area contributed by atoms with Crippen molar-refractivity contribution in [2.24, 2.45) is 5.73 Å². The number of aromatic amines is 1. The number of H-pyrrole nitrogens is 1. The number of rotatable bonds is 6. The van der Waals surface area contributed by atoms with Crippen LogP contribution in [0.1, 0.15) is 20.8 Å². The van der Waals surface area contributed by atoms with E-state index in [4.69, 9.17) is 17.3 Å². The molecule has 2 amide bonds. The summed E-state index contributed by atoms with van der Waals surface area (Å²) >= 11 is 6.30. The summed E-state index contributed by atoms with van der Waals surface area (Å²) in [5.74, 6) is -0.941. The molecule has 0 atom stereocenters. The van der Waals surface area contributed by atoms with Crippen LogP contribution >= 0.6 is 11.6 Å². The highest BCUT2D eigenvalue weighted by Gasteiger charge is 2.13. The van der Waals surface area contributed by atoms with Crippen LogP contribution in [-0.2, 0) is 10.0 Å². The zero-order chi connectivity index (χ0) is 23.8. The van der Waals surface area contributed by atoms with E-state index in [2.05, 4.69) is 15.0 Å². The molecule has 3 aromatic carbocycles. The summed E-state index contributed by atoms with van der Waals surface area (Å²) in [4.78, 5) is 27.3. The number of nitrogens with two attached hydrogens (primary N) is 1. The molecular formula is C23H19ClN4O4S. The van der Waals surface area contributed by atoms with Crippen LogP contribution < -0.4 is 15.8 Å². The Morgan fingerprint density at radius 2 is 1.76 bits per heavy atom. The van der Waals surface area contributed by atoms with Crippen LogP contribution in [0, 0.1) is 0 Å². The van der Waals surface area contributed by atoms with Crippen molar-refractivity contribution in [3.05, 3.63) is 83.0 Å². The molecule has 0 bridgehead atoms. The van der Waals surface area contributed by atoms with Gasteiger partial charge in [0, 0.05) is 32.7 Å². The van der Waals surface area contributed by atoms with E-state index < -0.39 is 15.9 Å². The molecule has 0 unspecified atom stereocenters. The molecule has 0 fully saturated rings. The average Bonchev–Trinajstić information content (AvgIpc) is 3.16. The van der Waals surface area contributed by atoms with E-state index >= 15 is 0 Å². The minimum atomic E-state index is -3.41. The Kier molecular flexibility index (Phi) is 5.84. The fourth-order valence-corrected chi connectivity index (χ4v) is 4.17. The molecular weight excluding hydrogens is 464 g/mol. The molecule has 4 rings (SSSR count). The molecule has 5 N–H and O–H groups in total. The second-order valence-electron chi connectivity index (χ2n) is 7.45. The Hall–Kier alpha value is -3.82. The highest BCUT2D eigenvalue weighted by atomic mass is 35.5. The number of carbonyl (C=O) groups excluding carboxylic acids is 2. The lowest BCUT2D eigenvalue weighted by Crippen LogP contribution is -2.12. The van der Waals surface area contributed by atoms with Gasteiger partial charge in [0.2, 0.25) is 15.9 Å². The van der Waals surface area contributed by atoms with Crippen molar-refractivity contribution in [2.75, 3.05) is 16.3 Å². The van der Waals surface area contributed by atoms with Gasteiger partial charge in [-0.2, -0.15) is 0 Å². The third kappa shape index (κ3) is 5.16. The van der Waals surface area contributed by atoms with Crippen molar-refractivity contribution in [3.8, 4) is 11.1 Å². The van der Waals surface area contributed by atoms with Gasteiger partial charge in [-0.25, -0.2) is 8.42 Å². The van der Waals surface area contributed by atoms with Crippen molar-refractivity contribution < 1.29 is 18.0 Å². The van der Waals surface area contributed by atoms with Crippen molar-refractivity contribution in [1.82, 2.24) is 4.98 Å². The van der Waals surface area contributed by atoms with E-state index in [9.17, 15) is 18.0 Å². The van der Waals surface area contributed by atoms with Crippen LogP contribution in [0.25, 0.3) is 22.0 Å². The topological polar surface area (TPSA) is 134 Å². The number of anilines is 2. The summed E-state index contributed by atoms with van der Waals surface area (Å²) in [7, 11) is -3.41. The minimum absolute atomic E-state index is 0.306. The zero-order valence-electron chi connectivity index (χ0n) is 17.3. The summed E-state index contributed by atoms with van der Waals surface area (Å²) < 4.78 is 25.3. The Bertz CT molecular complexity index is 1510. The Morgan fingerprint density at radius 3 is 2.48 bits per heavy atom. The number of halogens is 1. The summed E-state index contributed by atoms with van der Waals surface area (Å²) in [5, 5.41) is 4.02. The van der Waals surface area contributed by atoms with Gasteiger partial charge < -0.3 is 16.0 Å². The lowest BCUT2D eigenvalue weighted by molar-refractivity contribution is 0.0997. The van der Waals surface area contributed by atoms with Gasteiger partial charge in [0.25, 0.3) is 5.91 Å². The maximum atomic E-state index is 12.8. The van der Waals surface area contributed by atoms with Crippen LogP contribution in [0.15, 0.2) is 66.7 Å². The standard InChI is InChI=1S/C23H19ClN4O4S/c1-33(31,32)28-17-7-5-14-11-21(27-20(14)12-17)23(30)26-16-4-2-3-13(9-16)18-10-15(22(25)29)6-8-19(18)24/h2-12,27-28H,1H3,(H2,25,29)(H,26,30). The normalized spacial score (nSPS) is 11.3. The van der Waals surface area contributed by atoms with Crippen LogP contribution in [0.4, 0.5) is 11.4 Å². The van der Waals surface area contributed by atoms with Gasteiger partial charge >= 0.3 is 0 Å². The van der Waals surface area contributed by atoms with Crippen molar-refractivity contribution in [1.29, 1.82) is 0 Å². The van der Waals surface area contributed by atoms with E-state index in [1.807, 2.05) is 0 Å². The Labute approximate surface area is 194 Å². The molecule has 0 aliphatic heterocycles. The summed E-state index contributed by atoms with van der Waals surface area (Å²) in [6.07, 6.45) is 1.07. The molecule has 0 saturated carbocycles. The molecule has 10 heteroatoms. The van der Waals surface area contributed by atoms with Gasteiger partial charge in [0.05, 0.1) is 11.9 Å². The molecule has 33 heavy (non-hydrogen) atoms. The number of aromatic nitrogens is 1. The molecule has 1 heterocycles. The number of hydrogen-bond donors (Lipinski definition) is 4.